The van der Waals surface area contributed by atoms with Crippen LogP contribution in [0.5, 0.6) is 0 Å². The lowest BCUT2D eigenvalue weighted by Gasteiger charge is -2.08. The summed E-state index contributed by atoms with van der Waals surface area (Å²) in [6.45, 7) is 4.01. The van der Waals surface area contributed by atoms with Crippen LogP contribution in [0.15, 0.2) is 23.1 Å². The molecular weight excluding hydrogens is 154 g/mol. The molecule has 0 spiro atoms. The van der Waals surface area contributed by atoms with Crippen LogP contribution in [-0.2, 0) is 0 Å². The van der Waals surface area contributed by atoms with Gasteiger partial charge in [-0.3, -0.25) is 0 Å². The fraction of sp³-hybridized carbons (Fsp3) is 0.333. The van der Waals surface area contributed by atoms with E-state index in [-0.39, 0.29) is 6.04 Å². The van der Waals surface area contributed by atoms with E-state index in [4.69, 9.17) is 5.73 Å². The van der Waals surface area contributed by atoms with Crippen molar-refractivity contribution in [3.05, 3.63) is 29.3 Å². The first-order valence-electron chi connectivity index (χ1n) is 3.66. The van der Waals surface area contributed by atoms with E-state index in [9.17, 15) is 0 Å². The third-order valence-electron chi connectivity index (χ3n) is 1.68. The second kappa shape index (κ2) is 3.28. The van der Waals surface area contributed by atoms with Crippen LogP contribution in [0.1, 0.15) is 24.1 Å². The van der Waals surface area contributed by atoms with E-state index in [1.165, 1.54) is 5.56 Å². The smallest absolute Gasteiger partial charge is 0.0277 e. The van der Waals surface area contributed by atoms with E-state index in [0.717, 1.165) is 10.5 Å². The minimum absolute atomic E-state index is 0.0723. The summed E-state index contributed by atoms with van der Waals surface area (Å²) in [5, 5.41) is 0. The third kappa shape index (κ3) is 1.98. The molecule has 0 saturated carbocycles. The lowest BCUT2D eigenvalue weighted by atomic mass is 10.1. The summed E-state index contributed by atoms with van der Waals surface area (Å²) >= 11 is 4.33. The molecule has 0 heterocycles. The molecule has 1 aromatic rings. The molecule has 0 aromatic heterocycles. The maximum Gasteiger partial charge on any atom is 0.0277 e. The van der Waals surface area contributed by atoms with Gasteiger partial charge in [0.15, 0.2) is 0 Å². The predicted octanol–water partition coefficient (Wildman–Crippen LogP) is 2.30. The topological polar surface area (TPSA) is 26.0 Å². The second-order valence-corrected chi connectivity index (χ2v) is 3.33. The van der Waals surface area contributed by atoms with E-state index >= 15 is 0 Å². The molecule has 11 heavy (non-hydrogen) atoms. The molecule has 0 aliphatic heterocycles. The number of rotatable bonds is 1. The van der Waals surface area contributed by atoms with Gasteiger partial charge in [-0.25, -0.2) is 0 Å². The van der Waals surface area contributed by atoms with Crippen molar-refractivity contribution >= 4 is 12.6 Å². The number of hydrogen-bond donors (Lipinski definition) is 2. The van der Waals surface area contributed by atoms with Gasteiger partial charge in [-0.15, -0.1) is 12.6 Å². The summed E-state index contributed by atoms with van der Waals surface area (Å²) in [4.78, 5) is 0.986. The Labute approximate surface area is 73.0 Å². The van der Waals surface area contributed by atoms with Gasteiger partial charge in [-0.05, 0) is 25.5 Å². The molecule has 1 rings (SSSR count). The average Bonchev–Trinajstić information content (AvgIpc) is 1.85. The first-order valence-corrected chi connectivity index (χ1v) is 4.11. The Balaban J connectivity index is 3.09. The molecule has 0 bridgehead atoms. The van der Waals surface area contributed by atoms with Gasteiger partial charge in [0.1, 0.15) is 0 Å². The van der Waals surface area contributed by atoms with Crippen LogP contribution in [0.3, 0.4) is 0 Å². The van der Waals surface area contributed by atoms with Crippen molar-refractivity contribution in [1.82, 2.24) is 0 Å². The molecule has 0 aliphatic rings. The number of hydrogen-bond acceptors (Lipinski definition) is 2. The monoisotopic (exact) mass is 167 g/mol. The number of thiol groups is 1. The largest absolute Gasteiger partial charge is 0.324 e. The minimum atomic E-state index is 0.0723. The minimum Gasteiger partial charge on any atom is -0.324 e. The Morgan fingerprint density at radius 2 is 2.09 bits per heavy atom. The van der Waals surface area contributed by atoms with Gasteiger partial charge in [-0.1, -0.05) is 17.7 Å². The lowest BCUT2D eigenvalue weighted by molar-refractivity contribution is 0.797. The molecule has 0 amide bonds. The highest BCUT2D eigenvalue weighted by Gasteiger charge is 2.02. The predicted molar refractivity (Wildman–Crippen MR) is 51.0 cm³/mol. The van der Waals surface area contributed by atoms with Gasteiger partial charge < -0.3 is 5.73 Å². The van der Waals surface area contributed by atoms with Crippen molar-refractivity contribution in [2.24, 2.45) is 5.73 Å². The molecule has 0 radical (unpaired) electrons. The summed E-state index contributed by atoms with van der Waals surface area (Å²) in [6.07, 6.45) is 0. The lowest BCUT2D eigenvalue weighted by Crippen LogP contribution is -2.05. The first kappa shape index (κ1) is 8.62. The molecule has 2 heteroatoms. The van der Waals surface area contributed by atoms with E-state index < -0.39 is 0 Å². The number of nitrogens with two attached hydrogens (primary N) is 1. The molecule has 1 atom stereocenters. The summed E-state index contributed by atoms with van der Waals surface area (Å²) in [6, 6.07) is 6.19. The summed E-state index contributed by atoms with van der Waals surface area (Å²) in [5.74, 6) is 0. The maximum absolute atomic E-state index is 5.72. The normalized spacial score (nSPS) is 13.1. The van der Waals surface area contributed by atoms with Crippen LogP contribution >= 0.6 is 12.6 Å². The molecule has 1 unspecified atom stereocenters. The van der Waals surface area contributed by atoms with Crippen LogP contribution in [0.25, 0.3) is 0 Å². The highest BCUT2D eigenvalue weighted by atomic mass is 32.1. The molecule has 1 nitrogen and oxygen atoms in total. The van der Waals surface area contributed by atoms with E-state index in [2.05, 4.69) is 18.7 Å². The van der Waals surface area contributed by atoms with Crippen LogP contribution in [0, 0.1) is 6.92 Å². The Morgan fingerprint density at radius 1 is 1.45 bits per heavy atom. The Hall–Kier alpha value is -0.470. The van der Waals surface area contributed by atoms with Crippen LogP contribution < -0.4 is 5.73 Å². The number of benzene rings is 1. The highest BCUT2D eigenvalue weighted by Crippen LogP contribution is 2.20. The zero-order valence-electron chi connectivity index (χ0n) is 6.83. The van der Waals surface area contributed by atoms with Crippen molar-refractivity contribution in [1.29, 1.82) is 0 Å². The molecule has 0 saturated heterocycles. The summed E-state index contributed by atoms with van der Waals surface area (Å²) in [5.41, 5.74) is 8.05. The maximum atomic E-state index is 5.72. The van der Waals surface area contributed by atoms with Gasteiger partial charge in [-0.2, -0.15) is 0 Å². The van der Waals surface area contributed by atoms with E-state index in [1.54, 1.807) is 0 Å². The second-order valence-electron chi connectivity index (χ2n) is 2.85. The van der Waals surface area contributed by atoms with Crippen molar-refractivity contribution in [2.75, 3.05) is 0 Å². The quantitative estimate of drug-likeness (QED) is 0.617. The first-order chi connectivity index (χ1) is 5.11. The van der Waals surface area contributed by atoms with Gasteiger partial charge in [0, 0.05) is 10.9 Å². The Kier molecular flexibility index (Phi) is 2.58. The standard InChI is InChI=1S/C9H13NS/c1-6-3-4-8(7(2)10)9(11)5-6/h3-5,7,11H,10H2,1-2H3. The van der Waals surface area contributed by atoms with Crippen molar-refractivity contribution in [2.45, 2.75) is 24.8 Å². The van der Waals surface area contributed by atoms with Crippen LogP contribution in [-0.4, -0.2) is 0 Å². The van der Waals surface area contributed by atoms with Crippen LogP contribution in [0.4, 0.5) is 0 Å². The SMILES string of the molecule is Cc1ccc(C(C)N)c(S)c1. The molecule has 0 fully saturated rings. The summed E-state index contributed by atoms with van der Waals surface area (Å²) < 4.78 is 0. The van der Waals surface area contributed by atoms with E-state index in [0.29, 0.717) is 0 Å². The molecule has 0 aliphatic carbocycles. The van der Waals surface area contributed by atoms with Crippen molar-refractivity contribution in [3.8, 4) is 0 Å². The van der Waals surface area contributed by atoms with Gasteiger partial charge in [0.05, 0.1) is 0 Å². The average molecular weight is 167 g/mol. The Bertz CT molecular complexity index is 256. The fourth-order valence-electron chi connectivity index (χ4n) is 1.04. The fourth-order valence-corrected chi connectivity index (χ4v) is 1.52. The van der Waals surface area contributed by atoms with Crippen LogP contribution in [0.2, 0.25) is 0 Å². The third-order valence-corrected chi connectivity index (χ3v) is 2.06. The van der Waals surface area contributed by atoms with Gasteiger partial charge in [0.25, 0.3) is 0 Å². The molecular formula is C9H13NS. The zero-order chi connectivity index (χ0) is 8.43. The summed E-state index contributed by atoms with van der Waals surface area (Å²) in [7, 11) is 0. The van der Waals surface area contributed by atoms with Gasteiger partial charge >= 0.3 is 0 Å². The number of aryl methyl sites for hydroxylation is 1. The van der Waals surface area contributed by atoms with Crippen molar-refractivity contribution < 1.29 is 0 Å². The van der Waals surface area contributed by atoms with Crippen molar-refractivity contribution in [3.63, 3.8) is 0 Å². The molecule has 2 N–H and O–H groups in total. The Morgan fingerprint density at radius 3 is 2.55 bits per heavy atom. The molecule has 1 aromatic carbocycles. The highest BCUT2D eigenvalue weighted by molar-refractivity contribution is 7.80. The molecule has 60 valence electrons. The zero-order valence-corrected chi connectivity index (χ0v) is 7.73. The van der Waals surface area contributed by atoms with E-state index in [1.807, 2.05) is 26.0 Å². The van der Waals surface area contributed by atoms with Gasteiger partial charge in [0.2, 0.25) is 0 Å².